The van der Waals surface area contributed by atoms with Crippen molar-refractivity contribution < 1.29 is 4.43 Å². The zero-order chi connectivity index (χ0) is 9.99. The first-order chi connectivity index (χ1) is 5.23. The molecular formula is C9H21LiOSi. The van der Waals surface area contributed by atoms with Crippen LogP contribution in [0.15, 0.2) is 0 Å². The molecule has 3 heteroatoms. The van der Waals surface area contributed by atoms with E-state index in [2.05, 4.69) is 52.3 Å². The van der Waals surface area contributed by atoms with E-state index in [1.54, 1.807) is 0 Å². The Hall–Kier alpha value is 0.774. The molecule has 2 unspecified atom stereocenters. The van der Waals surface area contributed by atoms with Crippen molar-refractivity contribution in [2.75, 3.05) is 0 Å². The van der Waals surface area contributed by atoms with Gasteiger partial charge in [-0.15, -0.1) is 0 Å². The molecule has 0 aliphatic rings. The SMILES string of the molecule is [Li][CH](C)CC(C)(O[SiH3])C(C)(C)C. The van der Waals surface area contributed by atoms with Gasteiger partial charge >= 0.3 is 89.3 Å². The van der Waals surface area contributed by atoms with Crippen molar-refractivity contribution in [2.45, 2.75) is 51.2 Å². The second-order valence-corrected chi connectivity index (χ2v) is 5.69. The second-order valence-electron chi connectivity index (χ2n) is 5.28. The number of rotatable bonds is 3. The Morgan fingerprint density at radius 3 is 1.83 bits per heavy atom. The van der Waals surface area contributed by atoms with Gasteiger partial charge in [0.15, 0.2) is 0 Å². The van der Waals surface area contributed by atoms with E-state index in [1.165, 1.54) is 0 Å². The van der Waals surface area contributed by atoms with Crippen LogP contribution in [0.1, 0.15) is 41.0 Å². The fraction of sp³-hybridized carbons (Fsp3) is 1.00. The summed E-state index contributed by atoms with van der Waals surface area (Å²) >= 11 is 2.25. The van der Waals surface area contributed by atoms with Gasteiger partial charge in [0.2, 0.25) is 0 Å². The summed E-state index contributed by atoms with van der Waals surface area (Å²) in [4.78, 5) is 0. The molecular weight excluding hydrogens is 159 g/mol. The van der Waals surface area contributed by atoms with Crippen molar-refractivity contribution in [3.8, 4) is 0 Å². The van der Waals surface area contributed by atoms with Gasteiger partial charge in [-0.1, -0.05) is 0 Å². The van der Waals surface area contributed by atoms with E-state index in [9.17, 15) is 0 Å². The monoisotopic (exact) mass is 180 g/mol. The predicted octanol–water partition coefficient (Wildman–Crippen LogP) is 1.46. The summed E-state index contributed by atoms with van der Waals surface area (Å²) in [6, 6.07) is 0. The van der Waals surface area contributed by atoms with E-state index in [4.69, 9.17) is 4.43 Å². The zero-order valence-corrected chi connectivity index (χ0v) is 11.7. The quantitative estimate of drug-likeness (QED) is 0.597. The van der Waals surface area contributed by atoms with Gasteiger partial charge in [-0.3, -0.25) is 0 Å². The van der Waals surface area contributed by atoms with E-state index in [0.717, 1.165) is 16.9 Å². The molecule has 0 aromatic rings. The molecule has 0 aliphatic heterocycles. The van der Waals surface area contributed by atoms with E-state index < -0.39 is 0 Å². The molecule has 0 heterocycles. The molecule has 2 atom stereocenters. The Morgan fingerprint density at radius 1 is 1.33 bits per heavy atom. The summed E-state index contributed by atoms with van der Waals surface area (Å²) in [6.07, 6.45) is 1.15. The van der Waals surface area contributed by atoms with E-state index in [-0.39, 0.29) is 11.0 Å². The van der Waals surface area contributed by atoms with Crippen molar-refractivity contribution >= 4 is 28.2 Å². The van der Waals surface area contributed by atoms with Crippen LogP contribution in [0, 0.1) is 5.41 Å². The average Bonchev–Trinajstić information content (AvgIpc) is 1.83. The summed E-state index contributed by atoms with van der Waals surface area (Å²) in [5.41, 5.74) is 0.312. The molecule has 0 aliphatic carbocycles. The Balaban J connectivity index is 4.46. The molecule has 1 nitrogen and oxygen atoms in total. The van der Waals surface area contributed by atoms with E-state index in [1.807, 2.05) is 0 Å². The summed E-state index contributed by atoms with van der Waals surface area (Å²) in [7, 11) is 0.833. The molecule has 0 bridgehead atoms. The minimum atomic E-state index is 0.0629. The molecule has 0 radical (unpaired) electrons. The van der Waals surface area contributed by atoms with Crippen molar-refractivity contribution in [1.29, 1.82) is 0 Å². The van der Waals surface area contributed by atoms with Gasteiger partial charge in [-0.05, 0) is 0 Å². The first-order valence-corrected chi connectivity index (χ1v) is 5.60. The average molecular weight is 180 g/mol. The maximum absolute atomic E-state index is 5.75. The molecule has 12 heavy (non-hydrogen) atoms. The van der Waals surface area contributed by atoms with Crippen LogP contribution in [0.4, 0.5) is 0 Å². The predicted molar refractivity (Wildman–Crippen MR) is 58.7 cm³/mol. The molecule has 0 saturated heterocycles. The third kappa shape index (κ3) is 3.26. The van der Waals surface area contributed by atoms with Crippen LogP contribution < -0.4 is 0 Å². The topological polar surface area (TPSA) is 9.23 Å². The molecule has 0 fully saturated rings. The van der Waals surface area contributed by atoms with Crippen molar-refractivity contribution in [2.24, 2.45) is 5.41 Å². The summed E-state index contributed by atoms with van der Waals surface area (Å²) in [5, 5.41) is 0. The zero-order valence-electron chi connectivity index (χ0n) is 9.69. The first kappa shape index (κ1) is 12.8. The van der Waals surface area contributed by atoms with E-state index in [0.29, 0.717) is 4.59 Å². The summed E-state index contributed by atoms with van der Waals surface area (Å²) in [5.74, 6) is 0. The van der Waals surface area contributed by atoms with Gasteiger partial charge in [-0.2, -0.15) is 0 Å². The number of hydrogen-bond donors (Lipinski definition) is 0. The van der Waals surface area contributed by atoms with Crippen molar-refractivity contribution in [3.63, 3.8) is 0 Å². The minimum absolute atomic E-state index is 0.0629. The second kappa shape index (κ2) is 4.33. The van der Waals surface area contributed by atoms with Crippen LogP contribution in [-0.2, 0) is 4.43 Å². The fourth-order valence-corrected chi connectivity index (χ4v) is 2.25. The van der Waals surface area contributed by atoms with Crippen molar-refractivity contribution in [1.82, 2.24) is 0 Å². The molecule has 0 rings (SSSR count). The normalized spacial score (nSPS) is 20.6. The molecule has 0 amide bonds. The van der Waals surface area contributed by atoms with Gasteiger partial charge in [0, 0.05) is 0 Å². The van der Waals surface area contributed by atoms with Crippen LogP contribution in [0.2, 0.25) is 4.59 Å². The first-order valence-electron chi connectivity index (χ1n) is 4.78. The molecule has 0 aromatic carbocycles. The van der Waals surface area contributed by atoms with Gasteiger partial charge in [0.1, 0.15) is 0 Å². The molecule has 0 spiro atoms. The van der Waals surface area contributed by atoms with Crippen LogP contribution in [-0.4, -0.2) is 33.8 Å². The van der Waals surface area contributed by atoms with Crippen molar-refractivity contribution in [3.05, 3.63) is 0 Å². The molecule has 68 valence electrons. The Kier molecular flexibility index (Phi) is 4.61. The summed E-state index contributed by atoms with van der Waals surface area (Å²) < 4.78 is 6.46. The van der Waals surface area contributed by atoms with E-state index >= 15 is 0 Å². The maximum atomic E-state index is 5.75. The number of hydrogen-bond acceptors (Lipinski definition) is 1. The molecule has 0 N–H and O–H groups in total. The third-order valence-corrected chi connectivity index (χ3v) is 3.74. The Bertz CT molecular complexity index is 142. The summed E-state index contributed by atoms with van der Waals surface area (Å²) in [6.45, 7) is 11.3. The third-order valence-electron chi connectivity index (χ3n) is 2.83. The Morgan fingerprint density at radius 2 is 1.75 bits per heavy atom. The van der Waals surface area contributed by atoms with Gasteiger partial charge in [0.25, 0.3) is 0 Å². The van der Waals surface area contributed by atoms with Gasteiger partial charge in [-0.25, -0.2) is 0 Å². The van der Waals surface area contributed by atoms with Crippen LogP contribution in [0.5, 0.6) is 0 Å². The molecule has 0 saturated carbocycles. The molecule has 0 aromatic heterocycles. The van der Waals surface area contributed by atoms with Gasteiger partial charge in [0.05, 0.1) is 0 Å². The standard InChI is InChI=1S/C9H21OSi.Li/c1-6-7-9(5,10-11)8(2,3)4;/h6H,7H2,1-5,11H3;. The fourth-order valence-electron chi connectivity index (χ4n) is 1.47. The van der Waals surface area contributed by atoms with Gasteiger partial charge < -0.3 is 0 Å². The van der Waals surface area contributed by atoms with Crippen LogP contribution >= 0.6 is 0 Å². The Labute approximate surface area is 89.4 Å². The van der Waals surface area contributed by atoms with Crippen LogP contribution in [0.25, 0.3) is 0 Å². The van der Waals surface area contributed by atoms with Crippen LogP contribution in [0.3, 0.4) is 0 Å².